The molecule has 1 heterocycles. The molecule has 0 saturated heterocycles. The third-order valence-electron chi connectivity index (χ3n) is 6.76. The first-order valence-corrected chi connectivity index (χ1v) is 12.4. The van der Waals surface area contributed by atoms with Crippen LogP contribution in [0.3, 0.4) is 0 Å². The number of aromatic amines is 1. The Balaban J connectivity index is 1.66. The fourth-order valence-electron chi connectivity index (χ4n) is 4.35. The monoisotopic (exact) mass is 489 g/mol. The van der Waals surface area contributed by atoms with Crippen LogP contribution in [0.1, 0.15) is 68.1 Å². The van der Waals surface area contributed by atoms with Gasteiger partial charge < -0.3 is 14.5 Å². The number of aromatic nitrogens is 2. The van der Waals surface area contributed by atoms with E-state index in [0.29, 0.717) is 29.3 Å². The highest BCUT2D eigenvalue weighted by Crippen LogP contribution is 2.52. The minimum atomic E-state index is -1.77. The Morgan fingerprint density at radius 1 is 1.39 bits per heavy atom. The van der Waals surface area contributed by atoms with Crippen molar-refractivity contribution < 1.29 is 18.7 Å². The third kappa shape index (κ3) is 5.76. The lowest BCUT2D eigenvalue weighted by Gasteiger charge is -2.17. The summed E-state index contributed by atoms with van der Waals surface area (Å²) in [5, 5.41) is 9.60. The summed E-state index contributed by atoms with van der Waals surface area (Å²) in [5.74, 6) is 1.61. The number of H-pyrrole nitrogens is 1. The molecule has 2 saturated carbocycles. The molecule has 2 aromatic rings. The molecular weight excluding hydrogens is 457 g/mol. The van der Waals surface area contributed by atoms with Crippen molar-refractivity contribution in [3.05, 3.63) is 60.1 Å². The fourth-order valence-corrected chi connectivity index (χ4v) is 4.35. The maximum Gasteiger partial charge on any atom is 0.257 e. The van der Waals surface area contributed by atoms with E-state index in [2.05, 4.69) is 22.6 Å². The van der Waals surface area contributed by atoms with Crippen molar-refractivity contribution in [2.45, 2.75) is 58.2 Å². The number of ketones is 1. The fraction of sp³-hybridized carbons (Fsp3) is 0.414. The number of carbonyl (C=O) groups is 1. The summed E-state index contributed by atoms with van der Waals surface area (Å²) >= 11 is 0. The van der Waals surface area contributed by atoms with Crippen LogP contribution in [0.5, 0.6) is 11.5 Å². The van der Waals surface area contributed by atoms with Crippen molar-refractivity contribution in [2.75, 3.05) is 7.11 Å². The molecule has 1 N–H and O–H groups in total. The van der Waals surface area contributed by atoms with E-state index in [-0.39, 0.29) is 17.1 Å². The third-order valence-corrected chi connectivity index (χ3v) is 6.76. The smallest absolute Gasteiger partial charge is 0.257 e. The number of hydrogen-bond donors (Lipinski definition) is 1. The Hall–Kier alpha value is -3.66. The Morgan fingerprint density at radius 3 is 2.75 bits per heavy atom. The van der Waals surface area contributed by atoms with E-state index in [0.717, 1.165) is 43.3 Å². The molecule has 7 heteroatoms. The van der Waals surface area contributed by atoms with Gasteiger partial charge in [0, 0.05) is 12.0 Å². The second-order valence-electron chi connectivity index (χ2n) is 9.49. The van der Waals surface area contributed by atoms with Gasteiger partial charge in [0.25, 0.3) is 6.36 Å². The number of benzene rings is 1. The molecule has 6 nitrogen and oxygen atoms in total. The number of alkyl halides is 1. The first kappa shape index (κ1) is 25.4. The maximum absolute atomic E-state index is 14.2. The number of nitriles is 1. The van der Waals surface area contributed by atoms with E-state index in [1.807, 2.05) is 25.2 Å². The normalized spacial score (nSPS) is 17.4. The summed E-state index contributed by atoms with van der Waals surface area (Å²) in [7, 11) is 1.48. The van der Waals surface area contributed by atoms with Crippen LogP contribution in [0.15, 0.2) is 48.7 Å². The molecule has 2 fully saturated rings. The molecular formula is C29H32FN3O3. The number of carbonyl (C=O) groups excluding carboxylic acids is 1. The Bertz CT molecular complexity index is 1230. The standard InChI is InChI=1S/C29H32FN3O3/c1-4-7-21(29(18-31)12-13-29)16-27-32-17-22(33-27)20-14-24(35-3)28(25(15-20)36-26(30)5-2)23(34)9-6-8-19-10-11-19/h4-5,7,14-17,19,26H,2,6,8-13H2,1,3H3,(H,32,33)/b7-4-,21-16+. The molecule has 2 aliphatic carbocycles. The second kappa shape index (κ2) is 10.9. The van der Waals surface area contributed by atoms with E-state index < -0.39 is 11.8 Å². The van der Waals surface area contributed by atoms with Crippen LogP contribution in [-0.2, 0) is 0 Å². The minimum Gasteiger partial charge on any atom is -0.496 e. The summed E-state index contributed by atoms with van der Waals surface area (Å²) in [6.45, 7) is 5.36. The van der Waals surface area contributed by atoms with Crippen molar-refractivity contribution in [3.63, 3.8) is 0 Å². The first-order chi connectivity index (χ1) is 17.4. The maximum atomic E-state index is 14.2. The lowest BCUT2D eigenvalue weighted by molar-refractivity contribution is 0.0941. The highest BCUT2D eigenvalue weighted by molar-refractivity contribution is 6.02. The first-order valence-electron chi connectivity index (χ1n) is 12.4. The number of methoxy groups -OCH3 is 1. The summed E-state index contributed by atoms with van der Waals surface area (Å²) in [5.41, 5.74) is 1.97. The van der Waals surface area contributed by atoms with E-state index >= 15 is 0 Å². The zero-order chi connectivity index (χ0) is 25.7. The molecule has 0 bridgehead atoms. The number of allylic oxidation sites excluding steroid dienone is 3. The predicted molar refractivity (Wildman–Crippen MR) is 137 cm³/mol. The lowest BCUT2D eigenvalue weighted by atomic mass is 9.96. The largest absolute Gasteiger partial charge is 0.496 e. The molecule has 0 radical (unpaired) electrons. The van der Waals surface area contributed by atoms with Crippen LogP contribution >= 0.6 is 0 Å². The zero-order valence-electron chi connectivity index (χ0n) is 20.9. The summed E-state index contributed by atoms with van der Waals surface area (Å²) in [6.07, 6.45) is 12.9. The number of ether oxygens (including phenoxy) is 2. The molecule has 1 aromatic heterocycles. The van der Waals surface area contributed by atoms with Crippen molar-refractivity contribution in [1.82, 2.24) is 9.97 Å². The van der Waals surface area contributed by atoms with Crippen LogP contribution in [-0.4, -0.2) is 29.2 Å². The van der Waals surface area contributed by atoms with Gasteiger partial charge in [-0.3, -0.25) is 4.79 Å². The Kier molecular flexibility index (Phi) is 7.73. The van der Waals surface area contributed by atoms with Gasteiger partial charge >= 0.3 is 0 Å². The van der Waals surface area contributed by atoms with Crippen molar-refractivity contribution in [3.8, 4) is 28.8 Å². The molecule has 2 aliphatic rings. The zero-order valence-corrected chi connectivity index (χ0v) is 20.9. The van der Waals surface area contributed by atoms with E-state index in [1.54, 1.807) is 18.3 Å². The van der Waals surface area contributed by atoms with Crippen LogP contribution in [0.2, 0.25) is 0 Å². The predicted octanol–water partition coefficient (Wildman–Crippen LogP) is 6.97. The molecule has 0 aliphatic heterocycles. The van der Waals surface area contributed by atoms with Crippen LogP contribution in [0, 0.1) is 22.7 Å². The van der Waals surface area contributed by atoms with Gasteiger partial charge in [-0.05, 0) is 62.0 Å². The minimum absolute atomic E-state index is 0.107. The average molecular weight is 490 g/mol. The molecule has 1 atom stereocenters. The Morgan fingerprint density at radius 2 is 2.14 bits per heavy atom. The number of hydrogen-bond acceptors (Lipinski definition) is 5. The number of nitrogens with one attached hydrogen (secondary N) is 1. The molecule has 0 amide bonds. The summed E-state index contributed by atoms with van der Waals surface area (Å²) in [6, 6.07) is 5.77. The van der Waals surface area contributed by atoms with Gasteiger partial charge in [-0.15, -0.1) is 0 Å². The van der Waals surface area contributed by atoms with Gasteiger partial charge in [0.2, 0.25) is 0 Å². The van der Waals surface area contributed by atoms with Gasteiger partial charge in [-0.25, -0.2) is 4.98 Å². The van der Waals surface area contributed by atoms with Gasteiger partial charge in [0.15, 0.2) is 5.78 Å². The van der Waals surface area contributed by atoms with Crippen LogP contribution < -0.4 is 9.47 Å². The average Bonchev–Trinajstić information content (AvgIpc) is 3.81. The molecule has 188 valence electrons. The van der Waals surface area contributed by atoms with Crippen molar-refractivity contribution in [1.29, 1.82) is 5.26 Å². The highest BCUT2D eigenvalue weighted by atomic mass is 19.1. The molecule has 0 spiro atoms. The number of rotatable bonds is 13. The highest BCUT2D eigenvalue weighted by Gasteiger charge is 2.45. The van der Waals surface area contributed by atoms with E-state index in [4.69, 9.17) is 9.47 Å². The van der Waals surface area contributed by atoms with Gasteiger partial charge in [-0.1, -0.05) is 38.0 Å². The van der Waals surface area contributed by atoms with Gasteiger partial charge in [0.05, 0.1) is 30.5 Å². The van der Waals surface area contributed by atoms with E-state index in [1.165, 1.54) is 20.0 Å². The van der Waals surface area contributed by atoms with Crippen molar-refractivity contribution in [2.24, 2.45) is 11.3 Å². The molecule has 1 aromatic carbocycles. The number of Topliss-reactive ketones (excluding diaryl/α,β-unsaturated/α-hetero) is 1. The van der Waals surface area contributed by atoms with Gasteiger partial charge in [-0.2, -0.15) is 9.65 Å². The number of halogens is 1. The topological polar surface area (TPSA) is 88.0 Å². The Labute approximate surface area is 211 Å². The van der Waals surface area contributed by atoms with E-state index in [9.17, 15) is 14.4 Å². The number of imidazole rings is 1. The van der Waals surface area contributed by atoms with Crippen molar-refractivity contribution >= 4 is 11.9 Å². The molecule has 36 heavy (non-hydrogen) atoms. The summed E-state index contributed by atoms with van der Waals surface area (Å²) < 4.78 is 25.2. The number of nitrogens with zero attached hydrogens (tertiary/aromatic N) is 2. The van der Waals surface area contributed by atoms with Crippen LogP contribution in [0.4, 0.5) is 4.39 Å². The second-order valence-corrected chi connectivity index (χ2v) is 9.49. The van der Waals surface area contributed by atoms with Crippen LogP contribution in [0.25, 0.3) is 17.3 Å². The lowest BCUT2D eigenvalue weighted by Crippen LogP contribution is -2.12. The molecule has 1 unspecified atom stereocenters. The SMILES string of the molecule is C=CC(F)Oc1cc(-c2cnc(/C=C(\C=C/C)C3(C#N)CC3)[nH]2)cc(OC)c1C(=O)CCCC1CC1. The van der Waals surface area contributed by atoms with Gasteiger partial charge in [0.1, 0.15) is 22.9 Å². The summed E-state index contributed by atoms with van der Waals surface area (Å²) in [4.78, 5) is 20.8. The molecule has 4 rings (SSSR count). The quantitative estimate of drug-likeness (QED) is 0.186.